The molecule has 0 spiro atoms. The third kappa shape index (κ3) is 4.55. The normalized spacial score (nSPS) is 16.3. The van der Waals surface area contributed by atoms with Gasteiger partial charge in [0, 0.05) is 0 Å². The fraction of sp³-hybridized carbons (Fsp3) is 0.917. The Bertz CT molecular complexity index is 816. The molecule has 2 nitrogen and oxygen atoms in total. The first kappa shape index (κ1) is 33.9. The predicted octanol–water partition coefficient (Wildman–Crippen LogP) is 6.74. The number of alkyl halides is 22. The fourth-order valence-corrected chi connectivity index (χ4v) is 1.73. The van der Waals surface area contributed by atoms with Crippen LogP contribution in [0.15, 0.2) is 0 Å². The summed E-state index contributed by atoms with van der Waals surface area (Å²) in [5, 5.41) is 0. The van der Waals surface area contributed by atoms with E-state index in [1.807, 2.05) is 0 Å². The highest BCUT2D eigenvalue weighted by atomic mass is 19.4. The molecule has 0 bridgehead atoms. The second-order valence-electron chi connectivity index (χ2n) is 6.28. The molecule has 0 unspecified atom stereocenters. The monoisotopic (exact) mass is 596 g/mol. The fourth-order valence-electron chi connectivity index (χ4n) is 1.73. The number of ether oxygens (including phenoxy) is 1. The minimum atomic E-state index is -9.21. The molecule has 0 aromatic rings. The van der Waals surface area contributed by atoms with Crippen LogP contribution in [0.25, 0.3) is 0 Å². The summed E-state index contributed by atoms with van der Waals surface area (Å²) in [4.78, 5) is 10.6. The molecular weight excluding hydrogens is 594 g/mol. The van der Waals surface area contributed by atoms with Gasteiger partial charge in [-0.25, -0.2) is 4.79 Å². The van der Waals surface area contributed by atoms with Crippen molar-refractivity contribution in [3.05, 3.63) is 0 Å². The molecule has 0 aliphatic rings. The lowest BCUT2D eigenvalue weighted by Gasteiger charge is -2.43. The maximum Gasteiger partial charge on any atom is 0.460 e. The van der Waals surface area contributed by atoms with Crippen LogP contribution in [-0.2, 0) is 9.53 Å². The van der Waals surface area contributed by atoms with E-state index >= 15 is 0 Å². The van der Waals surface area contributed by atoms with Crippen LogP contribution < -0.4 is 0 Å². The van der Waals surface area contributed by atoms with E-state index < -0.39 is 72.3 Å². The molecule has 216 valence electrons. The third-order valence-corrected chi connectivity index (χ3v) is 3.74. The second kappa shape index (κ2) is 8.48. The lowest BCUT2D eigenvalue weighted by Crippen LogP contribution is -2.76. The number of esters is 1. The predicted molar refractivity (Wildman–Crippen MR) is 62.6 cm³/mol. The highest BCUT2D eigenvalue weighted by Crippen LogP contribution is 2.65. The Kier molecular flexibility index (Phi) is 7.99. The zero-order chi connectivity index (χ0) is 30.0. The minimum absolute atomic E-state index is 2.30. The molecule has 0 saturated heterocycles. The summed E-state index contributed by atoms with van der Waals surface area (Å²) in [6.07, 6.45) is -14.0. The summed E-state index contributed by atoms with van der Waals surface area (Å²) < 4.78 is 284. The van der Waals surface area contributed by atoms with Gasteiger partial charge in [-0.3, -0.25) is 0 Å². The van der Waals surface area contributed by atoms with Gasteiger partial charge in [0.15, 0.2) is 6.61 Å². The van der Waals surface area contributed by atoms with Gasteiger partial charge in [0.2, 0.25) is 0 Å². The molecule has 0 radical (unpaired) electrons. The minimum Gasteiger partial charge on any atom is -0.451 e. The molecule has 0 aliphatic heterocycles. The number of rotatable bonds is 9. The van der Waals surface area contributed by atoms with E-state index in [9.17, 15) is 101 Å². The van der Waals surface area contributed by atoms with Gasteiger partial charge >= 0.3 is 65.7 Å². The molecule has 0 saturated carbocycles. The van der Waals surface area contributed by atoms with Gasteiger partial charge in [-0.05, 0) is 0 Å². The van der Waals surface area contributed by atoms with Gasteiger partial charge < -0.3 is 4.74 Å². The summed E-state index contributed by atoms with van der Waals surface area (Å²) >= 11 is 0. The van der Waals surface area contributed by atoms with Crippen molar-refractivity contribution in [2.75, 3.05) is 6.61 Å². The van der Waals surface area contributed by atoms with Crippen molar-refractivity contribution < 1.29 is 106 Å². The summed E-state index contributed by atoms with van der Waals surface area (Å²) in [5.74, 6) is -74.8. The Morgan fingerprint density at radius 1 is 0.417 bits per heavy atom. The van der Waals surface area contributed by atoms with E-state index in [1.165, 1.54) is 0 Å². The molecule has 0 rings (SSSR count). The lowest BCUT2D eigenvalue weighted by atomic mass is 9.87. The molecule has 0 aliphatic carbocycles. The smallest absolute Gasteiger partial charge is 0.451 e. The van der Waals surface area contributed by atoms with Crippen molar-refractivity contribution >= 4 is 5.97 Å². The van der Waals surface area contributed by atoms with Crippen LogP contribution in [0.1, 0.15) is 0 Å². The molecule has 0 aromatic heterocycles. The van der Waals surface area contributed by atoms with Crippen molar-refractivity contribution in [1.82, 2.24) is 0 Å². The molecule has 0 amide bonds. The molecule has 0 heterocycles. The van der Waals surface area contributed by atoms with E-state index in [1.54, 1.807) is 0 Å². The van der Waals surface area contributed by atoms with E-state index in [0.29, 0.717) is 0 Å². The standard InChI is InChI=1S/C12H2F22O2/c13-3(14,15)1-36-2(35)4(16,17)5(18,19)6(20,21)7(22,23)8(24,25)9(26,27)10(28,29)11(30,31)12(32,33)34/h1H2. The first-order chi connectivity index (χ1) is 15.1. The van der Waals surface area contributed by atoms with Crippen LogP contribution in [0.2, 0.25) is 0 Å². The molecule has 0 aromatic carbocycles. The Morgan fingerprint density at radius 2 is 0.667 bits per heavy atom. The average molecular weight is 596 g/mol. The Morgan fingerprint density at radius 3 is 0.917 bits per heavy atom. The van der Waals surface area contributed by atoms with Gasteiger partial charge in [-0.1, -0.05) is 0 Å². The largest absolute Gasteiger partial charge is 0.460 e. The van der Waals surface area contributed by atoms with Gasteiger partial charge in [0.1, 0.15) is 0 Å². The SMILES string of the molecule is O=C(OCC(F)(F)F)C(F)(F)C(F)(F)C(F)(F)C(F)(F)C(F)(F)C(F)(F)C(F)(F)C(F)(F)C(F)(F)F. The van der Waals surface area contributed by atoms with E-state index in [4.69, 9.17) is 0 Å². The van der Waals surface area contributed by atoms with Crippen molar-refractivity contribution in [3.63, 3.8) is 0 Å². The third-order valence-electron chi connectivity index (χ3n) is 3.74. The topological polar surface area (TPSA) is 26.3 Å². The average Bonchev–Trinajstić information content (AvgIpc) is 2.63. The Hall–Kier alpha value is -2.07. The van der Waals surface area contributed by atoms with Crippen LogP contribution in [0.5, 0.6) is 0 Å². The van der Waals surface area contributed by atoms with Crippen molar-refractivity contribution in [1.29, 1.82) is 0 Å². The maximum absolute atomic E-state index is 13.4. The first-order valence-electron chi connectivity index (χ1n) is 7.46. The first-order valence-corrected chi connectivity index (χ1v) is 7.46. The summed E-state index contributed by atoms with van der Waals surface area (Å²) in [6, 6.07) is 0. The highest BCUT2D eigenvalue weighted by molar-refractivity contribution is 5.79. The highest BCUT2D eigenvalue weighted by Gasteiger charge is 2.97. The van der Waals surface area contributed by atoms with Crippen molar-refractivity contribution in [3.8, 4) is 0 Å². The Balaban J connectivity index is 6.82. The zero-order valence-corrected chi connectivity index (χ0v) is 15.3. The van der Waals surface area contributed by atoms with E-state index in [0.717, 1.165) is 0 Å². The number of hydrogen-bond acceptors (Lipinski definition) is 2. The van der Waals surface area contributed by atoms with Gasteiger partial charge in [-0.2, -0.15) is 96.6 Å². The lowest BCUT2D eigenvalue weighted by molar-refractivity contribution is -0.467. The molecular formula is C12H2F22O2. The summed E-state index contributed by atoms with van der Waals surface area (Å²) in [7, 11) is 0. The van der Waals surface area contributed by atoms with Crippen LogP contribution in [0.3, 0.4) is 0 Å². The quantitative estimate of drug-likeness (QED) is 0.218. The maximum atomic E-state index is 13.4. The van der Waals surface area contributed by atoms with Crippen LogP contribution in [0.4, 0.5) is 96.6 Å². The van der Waals surface area contributed by atoms with Crippen molar-refractivity contribution in [2.45, 2.75) is 59.7 Å². The van der Waals surface area contributed by atoms with Gasteiger partial charge in [0.25, 0.3) is 0 Å². The second-order valence-corrected chi connectivity index (χ2v) is 6.28. The molecule has 0 atom stereocenters. The summed E-state index contributed by atoms with van der Waals surface area (Å²) in [6.45, 7) is -3.37. The van der Waals surface area contributed by atoms with Crippen molar-refractivity contribution in [2.24, 2.45) is 0 Å². The number of carbonyl (C=O) groups is 1. The van der Waals surface area contributed by atoms with Gasteiger partial charge in [0.05, 0.1) is 0 Å². The van der Waals surface area contributed by atoms with Crippen LogP contribution in [0, 0.1) is 0 Å². The number of halogens is 22. The Labute approximate surface area is 180 Å². The molecule has 24 heteroatoms. The summed E-state index contributed by atoms with van der Waals surface area (Å²) in [5.41, 5.74) is 0. The van der Waals surface area contributed by atoms with Gasteiger partial charge in [-0.15, -0.1) is 0 Å². The van der Waals surface area contributed by atoms with Crippen LogP contribution in [-0.4, -0.2) is 72.3 Å². The van der Waals surface area contributed by atoms with Crippen LogP contribution >= 0.6 is 0 Å². The van der Waals surface area contributed by atoms with E-state index in [-0.39, 0.29) is 0 Å². The number of hydrogen-bond donors (Lipinski definition) is 0. The van der Waals surface area contributed by atoms with E-state index in [2.05, 4.69) is 4.74 Å². The zero-order valence-electron chi connectivity index (χ0n) is 15.3. The molecule has 0 N–H and O–H groups in total. The molecule has 36 heavy (non-hydrogen) atoms. The molecule has 0 fully saturated rings. The number of carbonyl (C=O) groups excluding carboxylic acids is 1.